The highest BCUT2D eigenvalue weighted by Gasteiger charge is 2.18. The molecule has 2 N–H and O–H groups in total. The SMILES string of the molecule is Cc1c(-c2ccc(NC(=O)c3ccc4cccnc4n3)cc2)c2cc(F)ccc2n1CC(=O)O. The number of halogens is 1. The Bertz CT molecular complexity index is 1580. The average Bonchev–Trinajstić information content (AvgIpc) is 3.09. The second-order valence-electron chi connectivity index (χ2n) is 7.88. The van der Waals surface area contributed by atoms with E-state index >= 15 is 0 Å². The van der Waals surface area contributed by atoms with E-state index in [4.69, 9.17) is 0 Å². The first-order valence-corrected chi connectivity index (χ1v) is 10.5. The van der Waals surface area contributed by atoms with Crippen LogP contribution in [0.1, 0.15) is 16.2 Å². The summed E-state index contributed by atoms with van der Waals surface area (Å²) in [7, 11) is 0. The lowest BCUT2D eigenvalue weighted by molar-refractivity contribution is -0.137. The minimum Gasteiger partial charge on any atom is -0.480 e. The van der Waals surface area contributed by atoms with Gasteiger partial charge in [-0.1, -0.05) is 12.1 Å². The molecule has 34 heavy (non-hydrogen) atoms. The van der Waals surface area contributed by atoms with Gasteiger partial charge < -0.3 is 15.0 Å². The number of hydrogen-bond acceptors (Lipinski definition) is 4. The van der Waals surface area contributed by atoms with Crippen molar-refractivity contribution in [1.29, 1.82) is 0 Å². The van der Waals surface area contributed by atoms with Crippen LogP contribution in [0.4, 0.5) is 10.1 Å². The van der Waals surface area contributed by atoms with Crippen LogP contribution in [0.25, 0.3) is 33.1 Å². The minimum atomic E-state index is -0.980. The molecule has 0 atom stereocenters. The van der Waals surface area contributed by atoms with Crippen LogP contribution in [-0.2, 0) is 11.3 Å². The second kappa shape index (κ2) is 8.40. The zero-order valence-electron chi connectivity index (χ0n) is 18.1. The predicted molar refractivity (Wildman–Crippen MR) is 127 cm³/mol. The summed E-state index contributed by atoms with van der Waals surface area (Å²) in [6.07, 6.45) is 1.62. The van der Waals surface area contributed by atoms with Gasteiger partial charge in [-0.05, 0) is 67.1 Å². The number of hydrogen-bond donors (Lipinski definition) is 2. The van der Waals surface area contributed by atoms with Gasteiger partial charge in [0.2, 0.25) is 0 Å². The van der Waals surface area contributed by atoms with Gasteiger partial charge in [0.15, 0.2) is 5.65 Å². The Morgan fingerprint density at radius 2 is 1.85 bits per heavy atom. The molecule has 0 spiro atoms. The Hall–Kier alpha value is -4.59. The number of anilines is 1. The Balaban J connectivity index is 1.46. The van der Waals surface area contributed by atoms with Crippen molar-refractivity contribution in [2.24, 2.45) is 0 Å². The summed E-state index contributed by atoms with van der Waals surface area (Å²) in [5, 5.41) is 13.6. The molecule has 0 aliphatic heterocycles. The van der Waals surface area contributed by atoms with Crippen LogP contribution in [0.3, 0.4) is 0 Å². The van der Waals surface area contributed by atoms with Crippen molar-refractivity contribution in [3.05, 3.63) is 90.1 Å². The molecular weight excluding hydrogens is 435 g/mol. The number of fused-ring (bicyclic) bond motifs is 2. The number of carboxylic acid groups (broad SMARTS) is 1. The normalized spacial score (nSPS) is 11.1. The first-order valence-electron chi connectivity index (χ1n) is 10.5. The van der Waals surface area contributed by atoms with Crippen molar-refractivity contribution in [2.75, 3.05) is 5.32 Å². The van der Waals surface area contributed by atoms with E-state index in [0.717, 1.165) is 16.5 Å². The smallest absolute Gasteiger partial charge is 0.323 e. The number of carbonyl (C=O) groups is 2. The molecule has 3 aromatic heterocycles. The van der Waals surface area contributed by atoms with Gasteiger partial charge in [0, 0.05) is 39.4 Å². The van der Waals surface area contributed by atoms with Crippen LogP contribution in [0.2, 0.25) is 0 Å². The average molecular weight is 454 g/mol. The predicted octanol–water partition coefficient (Wildman–Crippen LogP) is 5.04. The molecule has 0 unspecified atom stereocenters. The molecule has 0 radical (unpaired) electrons. The minimum absolute atomic E-state index is 0.226. The van der Waals surface area contributed by atoms with Gasteiger partial charge in [0.1, 0.15) is 18.1 Å². The van der Waals surface area contributed by atoms with Crippen LogP contribution in [0, 0.1) is 12.7 Å². The molecule has 0 aliphatic rings. The van der Waals surface area contributed by atoms with E-state index in [1.165, 1.54) is 12.1 Å². The van der Waals surface area contributed by atoms with E-state index in [1.54, 1.807) is 47.2 Å². The number of rotatable bonds is 5. The number of aliphatic carboxylic acids is 1. The lowest BCUT2D eigenvalue weighted by atomic mass is 10.0. The molecule has 3 heterocycles. The third kappa shape index (κ3) is 3.86. The number of nitrogens with zero attached hydrogens (tertiary/aromatic N) is 3. The second-order valence-corrected chi connectivity index (χ2v) is 7.88. The number of carbonyl (C=O) groups excluding carboxylic acids is 1. The zero-order chi connectivity index (χ0) is 23.8. The first-order chi connectivity index (χ1) is 16.4. The fourth-order valence-corrected chi connectivity index (χ4v) is 4.15. The fourth-order valence-electron chi connectivity index (χ4n) is 4.15. The highest BCUT2D eigenvalue weighted by molar-refractivity contribution is 6.04. The van der Waals surface area contributed by atoms with Crippen molar-refractivity contribution < 1.29 is 19.1 Å². The van der Waals surface area contributed by atoms with E-state index < -0.39 is 11.8 Å². The summed E-state index contributed by atoms with van der Waals surface area (Å²) in [5.74, 6) is -1.74. The summed E-state index contributed by atoms with van der Waals surface area (Å²) in [5.41, 5.74) is 4.19. The summed E-state index contributed by atoms with van der Waals surface area (Å²) >= 11 is 0. The van der Waals surface area contributed by atoms with Crippen molar-refractivity contribution >= 4 is 39.5 Å². The lowest BCUT2D eigenvalue weighted by Gasteiger charge is -2.08. The largest absolute Gasteiger partial charge is 0.480 e. The van der Waals surface area contributed by atoms with Gasteiger partial charge in [-0.15, -0.1) is 0 Å². The first kappa shape index (κ1) is 21.3. The lowest BCUT2D eigenvalue weighted by Crippen LogP contribution is -2.13. The molecule has 5 aromatic rings. The van der Waals surface area contributed by atoms with Crippen molar-refractivity contribution in [3.8, 4) is 11.1 Å². The molecule has 168 valence electrons. The van der Waals surface area contributed by atoms with Gasteiger partial charge >= 0.3 is 5.97 Å². The Labute approximate surface area is 193 Å². The van der Waals surface area contributed by atoms with E-state index in [-0.39, 0.29) is 18.1 Å². The summed E-state index contributed by atoms with van der Waals surface area (Å²) in [6.45, 7) is 1.58. The topological polar surface area (TPSA) is 97.1 Å². The van der Waals surface area contributed by atoms with E-state index in [9.17, 15) is 19.1 Å². The molecule has 2 aromatic carbocycles. The van der Waals surface area contributed by atoms with Crippen molar-refractivity contribution in [3.63, 3.8) is 0 Å². The van der Waals surface area contributed by atoms with Crippen LogP contribution in [0.5, 0.6) is 0 Å². The summed E-state index contributed by atoms with van der Waals surface area (Å²) in [4.78, 5) is 32.5. The number of carboxylic acids is 1. The third-order valence-electron chi connectivity index (χ3n) is 5.71. The zero-order valence-corrected chi connectivity index (χ0v) is 18.1. The summed E-state index contributed by atoms with van der Waals surface area (Å²) in [6, 6.07) is 18.5. The number of amides is 1. The molecule has 0 saturated heterocycles. The van der Waals surface area contributed by atoms with Gasteiger partial charge in [-0.2, -0.15) is 0 Å². The molecule has 7 nitrogen and oxygen atoms in total. The van der Waals surface area contributed by atoms with Gasteiger partial charge in [-0.25, -0.2) is 14.4 Å². The quantitative estimate of drug-likeness (QED) is 0.388. The van der Waals surface area contributed by atoms with Gasteiger partial charge in [-0.3, -0.25) is 9.59 Å². The Kier molecular flexibility index (Phi) is 5.25. The standard InChI is InChI=1S/C26H19FN4O3/c1-15-24(20-13-18(27)7-11-22(20)31(15)14-23(32)33)16-4-8-19(9-5-16)29-26(34)21-10-6-17-3-2-12-28-25(17)30-21/h2-13H,14H2,1H3,(H,29,34)(H,32,33). The number of aromatic nitrogens is 3. The van der Waals surface area contributed by atoms with Gasteiger partial charge in [0.25, 0.3) is 5.91 Å². The molecule has 1 amide bonds. The summed E-state index contributed by atoms with van der Waals surface area (Å²) < 4.78 is 15.7. The van der Waals surface area contributed by atoms with Crippen molar-refractivity contribution in [1.82, 2.24) is 14.5 Å². The number of pyridine rings is 2. The molecule has 0 bridgehead atoms. The van der Waals surface area contributed by atoms with E-state index in [1.807, 2.05) is 25.1 Å². The van der Waals surface area contributed by atoms with E-state index in [2.05, 4.69) is 15.3 Å². The highest BCUT2D eigenvalue weighted by Crippen LogP contribution is 2.35. The molecule has 0 saturated carbocycles. The third-order valence-corrected chi connectivity index (χ3v) is 5.71. The molecule has 0 aliphatic carbocycles. The Morgan fingerprint density at radius 1 is 1.06 bits per heavy atom. The fraction of sp³-hybridized carbons (Fsp3) is 0.0769. The van der Waals surface area contributed by atoms with Crippen LogP contribution in [0.15, 0.2) is 72.9 Å². The van der Waals surface area contributed by atoms with Crippen LogP contribution in [-0.4, -0.2) is 31.5 Å². The monoisotopic (exact) mass is 454 g/mol. The highest BCUT2D eigenvalue weighted by atomic mass is 19.1. The maximum Gasteiger partial charge on any atom is 0.323 e. The van der Waals surface area contributed by atoms with Crippen molar-refractivity contribution in [2.45, 2.75) is 13.5 Å². The number of benzene rings is 2. The van der Waals surface area contributed by atoms with Crippen LogP contribution >= 0.6 is 0 Å². The molecule has 0 fully saturated rings. The van der Waals surface area contributed by atoms with Crippen LogP contribution < -0.4 is 5.32 Å². The van der Waals surface area contributed by atoms with E-state index in [0.29, 0.717) is 27.9 Å². The maximum atomic E-state index is 14.0. The molecular formula is C26H19FN4O3. The Morgan fingerprint density at radius 3 is 2.62 bits per heavy atom. The van der Waals surface area contributed by atoms with Gasteiger partial charge in [0.05, 0.1) is 0 Å². The molecule has 8 heteroatoms. The number of nitrogens with one attached hydrogen (secondary N) is 1. The maximum absolute atomic E-state index is 14.0. The molecule has 5 rings (SSSR count).